The van der Waals surface area contributed by atoms with Gasteiger partial charge in [0.1, 0.15) is 11.6 Å². The molecule has 0 amide bonds. The van der Waals surface area contributed by atoms with Crippen molar-refractivity contribution < 1.29 is 22.7 Å². The highest BCUT2D eigenvalue weighted by Gasteiger charge is 2.36. The minimum absolute atomic E-state index is 0.329. The van der Waals surface area contributed by atoms with Gasteiger partial charge in [-0.3, -0.25) is 0 Å². The molecule has 0 fully saturated rings. The molecule has 0 atom stereocenters. The molecule has 72 valence electrons. The van der Waals surface area contributed by atoms with Crippen molar-refractivity contribution in [3.8, 4) is 5.75 Å². The Morgan fingerprint density at radius 1 is 1.23 bits per heavy atom. The molecule has 0 aromatic heterocycles. The van der Waals surface area contributed by atoms with E-state index in [4.69, 9.17) is 5.11 Å². The largest absolute Gasteiger partial charge is 0.508 e. The minimum atomic E-state index is -4.72. The van der Waals surface area contributed by atoms with Crippen LogP contribution in [0.2, 0.25) is 0 Å². The monoisotopic (exact) mass is 194 g/mol. The Hall–Kier alpha value is -1.26. The van der Waals surface area contributed by atoms with Crippen molar-refractivity contribution in [1.82, 2.24) is 0 Å². The molecule has 0 aliphatic heterocycles. The van der Waals surface area contributed by atoms with E-state index in [0.717, 1.165) is 13.0 Å². The topological polar surface area (TPSA) is 20.2 Å². The lowest BCUT2D eigenvalue weighted by atomic mass is 10.1. The lowest BCUT2D eigenvalue weighted by molar-refractivity contribution is -0.140. The summed E-state index contributed by atoms with van der Waals surface area (Å²) in [5.41, 5.74) is -1.66. The molecule has 1 rings (SSSR count). The van der Waals surface area contributed by atoms with Crippen LogP contribution in [-0.2, 0) is 6.18 Å². The van der Waals surface area contributed by atoms with Gasteiger partial charge in [0.15, 0.2) is 0 Å². The van der Waals surface area contributed by atoms with Crippen molar-refractivity contribution >= 4 is 0 Å². The highest BCUT2D eigenvalue weighted by molar-refractivity contribution is 5.36. The van der Waals surface area contributed by atoms with Crippen molar-refractivity contribution in [2.75, 3.05) is 0 Å². The van der Waals surface area contributed by atoms with Crippen molar-refractivity contribution in [2.45, 2.75) is 13.1 Å². The lowest BCUT2D eigenvalue weighted by Crippen LogP contribution is -2.10. The van der Waals surface area contributed by atoms with Crippen molar-refractivity contribution in [3.63, 3.8) is 0 Å². The number of phenolic OH excluding ortho intramolecular Hbond substituents is 1. The van der Waals surface area contributed by atoms with Gasteiger partial charge in [0.2, 0.25) is 0 Å². The first-order chi connectivity index (χ1) is 5.82. The first-order valence-corrected chi connectivity index (χ1v) is 3.38. The van der Waals surface area contributed by atoms with Gasteiger partial charge < -0.3 is 5.11 Å². The van der Waals surface area contributed by atoms with Gasteiger partial charge in [-0.15, -0.1) is 0 Å². The molecule has 0 spiro atoms. The van der Waals surface area contributed by atoms with E-state index in [1.165, 1.54) is 0 Å². The van der Waals surface area contributed by atoms with Gasteiger partial charge in [-0.25, -0.2) is 4.39 Å². The maximum atomic E-state index is 12.7. The summed E-state index contributed by atoms with van der Waals surface area (Å²) in [7, 11) is 0. The fourth-order valence-electron chi connectivity index (χ4n) is 1.08. The maximum Gasteiger partial charge on any atom is 0.419 e. The van der Waals surface area contributed by atoms with Crippen LogP contribution in [-0.4, -0.2) is 5.11 Å². The molecule has 13 heavy (non-hydrogen) atoms. The fourth-order valence-corrected chi connectivity index (χ4v) is 1.08. The predicted octanol–water partition coefficient (Wildman–Crippen LogP) is 2.86. The molecule has 1 aromatic rings. The molecule has 1 N–H and O–H groups in total. The average Bonchev–Trinajstić information content (AvgIpc) is 1.78. The summed E-state index contributed by atoms with van der Waals surface area (Å²) in [6.07, 6.45) is -4.72. The lowest BCUT2D eigenvalue weighted by Gasteiger charge is -2.11. The molecule has 0 unspecified atom stereocenters. The molecule has 0 radical (unpaired) electrons. The smallest absolute Gasteiger partial charge is 0.419 e. The third-order valence-electron chi connectivity index (χ3n) is 1.56. The number of aromatic hydroxyl groups is 1. The quantitative estimate of drug-likeness (QED) is 0.629. The van der Waals surface area contributed by atoms with Crippen molar-refractivity contribution in [3.05, 3.63) is 29.1 Å². The molecule has 0 bridgehead atoms. The molecule has 0 aliphatic rings. The van der Waals surface area contributed by atoms with Gasteiger partial charge in [0, 0.05) is 6.07 Å². The highest BCUT2D eigenvalue weighted by atomic mass is 19.4. The van der Waals surface area contributed by atoms with Crippen LogP contribution in [0.1, 0.15) is 11.1 Å². The standard InChI is InChI=1S/C8H6F4O/c1-4-2-5(13)3-6(9)7(4)8(10,11)12/h2-3,13H,1H3. The molecule has 0 saturated carbocycles. The molecule has 1 nitrogen and oxygen atoms in total. The summed E-state index contributed by atoms with van der Waals surface area (Å²) in [5.74, 6) is -1.96. The van der Waals surface area contributed by atoms with E-state index < -0.39 is 23.3 Å². The highest BCUT2D eigenvalue weighted by Crippen LogP contribution is 2.35. The number of phenols is 1. The Morgan fingerprint density at radius 3 is 2.15 bits per heavy atom. The van der Waals surface area contributed by atoms with Crippen LogP contribution in [0.4, 0.5) is 17.6 Å². The first kappa shape index (κ1) is 9.83. The molecule has 0 aliphatic carbocycles. The third kappa shape index (κ3) is 1.91. The van der Waals surface area contributed by atoms with E-state index in [2.05, 4.69) is 0 Å². The summed E-state index contributed by atoms with van der Waals surface area (Å²) < 4.78 is 49.1. The van der Waals surface area contributed by atoms with Gasteiger partial charge in [-0.05, 0) is 18.6 Å². The van der Waals surface area contributed by atoms with Gasteiger partial charge in [-0.2, -0.15) is 13.2 Å². The number of halogens is 4. The number of aryl methyl sites for hydroxylation is 1. The molecule has 1 aromatic carbocycles. The van der Waals surface area contributed by atoms with Crippen LogP contribution in [0.25, 0.3) is 0 Å². The molecule has 0 heterocycles. The van der Waals surface area contributed by atoms with Gasteiger partial charge in [-0.1, -0.05) is 0 Å². The van der Waals surface area contributed by atoms with E-state index in [-0.39, 0.29) is 5.56 Å². The molecule has 0 saturated heterocycles. The maximum absolute atomic E-state index is 12.7. The summed E-state index contributed by atoms with van der Waals surface area (Å²) in [4.78, 5) is 0. The van der Waals surface area contributed by atoms with E-state index >= 15 is 0 Å². The Kier molecular flexibility index (Phi) is 2.19. The zero-order chi connectivity index (χ0) is 10.2. The van der Waals surface area contributed by atoms with E-state index in [1.807, 2.05) is 0 Å². The van der Waals surface area contributed by atoms with Gasteiger partial charge in [0.05, 0.1) is 5.56 Å². The first-order valence-electron chi connectivity index (χ1n) is 3.38. The summed E-state index contributed by atoms with van der Waals surface area (Å²) in [6.45, 7) is 1.09. The number of benzene rings is 1. The Balaban J connectivity index is 3.38. The second kappa shape index (κ2) is 2.90. The number of hydrogen-bond donors (Lipinski definition) is 1. The van der Waals surface area contributed by atoms with Crippen LogP contribution in [0.5, 0.6) is 5.75 Å². The van der Waals surface area contributed by atoms with E-state index in [1.54, 1.807) is 0 Å². The Bertz CT molecular complexity index is 306. The van der Waals surface area contributed by atoms with E-state index in [9.17, 15) is 17.6 Å². The zero-order valence-corrected chi connectivity index (χ0v) is 6.61. The second-order valence-electron chi connectivity index (χ2n) is 2.62. The third-order valence-corrected chi connectivity index (χ3v) is 1.56. The van der Waals surface area contributed by atoms with Gasteiger partial charge >= 0.3 is 6.18 Å². The minimum Gasteiger partial charge on any atom is -0.508 e. The number of alkyl halides is 3. The Morgan fingerprint density at radius 2 is 1.77 bits per heavy atom. The molecular weight excluding hydrogens is 188 g/mol. The van der Waals surface area contributed by atoms with Crippen molar-refractivity contribution in [1.29, 1.82) is 0 Å². The zero-order valence-electron chi connectivity index (χ0n) is 6.61. The summed E-state index contributed by atoms with van der Waals surface area (Å²) >= 11 is 0. The van der Waals surface area contributed by atoms with Crippen LogP contribution in [0.15, 0.2) is 12.1 Å². The van der Waals surface area contributed by atoms with Crippen molar-refractivity contribution in [2.24, 2.45) is 0 Å². The number of rotatable bonds is 0. The van der Waals surface area contributed by atoms with Crippen LogP contribution >= 0.6 is 0 Å². The normalized spacial score (nSPS) is 11.8. The summed E-state index contributed by atoms with van der Waals surface area (Å²) in [5, 5.41) is 8.78. The van der Waals surface area contributed by atoms with Crippen LogP contribution in [0, 0.1) is 12.7 Å². The molecular formula is C8H6F4O. The van der Waals surface area contributed by atoms with Crippen LogP contribution < -0.4 is 0 Å². The number of hydrogen-bond acceptors (Lipinski definition) is 1. The average molecular weight is 194 g/mol. The Labute approximate surface area is 71.6 Å². The van der Waals surface area contributed by atoms with E-state index in [0.29, 0.717) is 6.07 Å². The SMILES string of the molecule is Cc1cc(O)cc(F)c1C(F)(F)F. The van der Waals surface area contributed by atoms with Gasteiger partial charge in [0.25, 0.3) is 0 Å². The predicted molar refractivity (Wildman–Crippen MR) is 37.8 cm³/mol. The fraction of sp³-hybridized carbons (Fsp3) is 0.250. The summed E-state index contributed by atoms with van der Waals surface area (Å²) in [6, 6.07) is 1.31. The molecule has 5 heteroatoms. The van der Waals surface area contributed by atoms with Crippen LogP contribution in [0.3, 0.4) is 0 Å². The second-order valence-corrected chi connectivity index (χ2v) is 2.62.